The third kappa shape index (κ3) is 4.07. The van der Waals surface area contributed by atoms with E-state index in [1.807, 2.05) is 18.2 Å². The van der Waals surface area contributed by atoms with Crippen LogP contribution in [0.3, 0.4) is 0 Å². The van der Waals surface area contributed by atoms with Gasteiger partial charge in [-0.25, -0.2) is 13.3 Å². The summed E-state index contributed by atoms with van der Waals surface area (Å²) in [5.74, 6) is -0.942. The average Bonchev–Trinajstić information content (AvgIpc) is 3.37. The van der Waals surface area contributed by atoms with Crippen LogP contribution in [0, 0.1) is 3.57 Å². The summed E-state index contributed by atoms with van der Waals surface area (Å²) >= 11 is 3.23. The molecule has 4 rings (SSSR count). The number of sulfonamides is 1. The van der Waals surface area contributed by atoms with Gasteiger partial charge in [0, 0.05) is 10.1 Å². The normalized spacial score (nSPS) is 17.1. The molecule has 1 aliphatic rings. The lowest BCUT2D eigenvalue weighted by molar-refractivity contribution is -0.122. The third-order valence-electron chi connectivity index (χ3n) is 4.79. The largest absolute Gasteiger partial charge is 0.274 e. The summed E-state index contributed by atoms with van der Waals surface area (Å²) in [6.45, 7) is 0.00525. The maximum Gasteiger partial charge on any atom is 0.253 e. The fourth-order valence-corrected chi connectivity index (χ4v) is 6.40. The number of anilines is 1. The molecule has 3 aromatic rings. The van der Waals surface area contributed by atoms with Crippen LogP contribution in [0.15, 0.2) is 76.3 Å². The number of nitrogens with zero attached hydrogens (tertiary/aromatic N) is 2. The van der Waals surface area contributed by atoms with E-state index in [1.165, 1.54) is 6.07 Å². The third-order valence-corrected chi connectivity index (χ3v) is 8.74. The van der Waals surface area contributed by atoms with E-state index >= 15 is 0 Å². The van der Waals surface area contributed by atoms with Crippen molar-refractivity contribution in [3.8, 4) is 0 Å². The van der Waals surface area contributed by atoms with E-state index in [0.717, 1.165) is 29.7 Å². The number of thiophene rings is 1. The van der Waals surface area contributed by atoms with Crippen LogP contribution >= 0.6 is 33.9 Å². The SMILES string of the molecule is O=C1CC(N(Cc2ccccc2)S(=O)(=O)c2cccs2)C(=O)N1c1ccc(I)cc1. The Kier molecular flexibility index (Phi) is 6.05. The van der Waals surface area contributed by atoms with Gasteiger partial charge in [-0.3, -0.25) is 9.59 Å². The molecule has 1 aliphatic heterocycles. The lowest BCUT2D eigenvalue weighted by Gasteiger charge is -2.26. The molecule has 0 N–H and O–H groups in total. The molecule has 1 atom stereocenters. The van der Waals surface area contributed by atoms with Crippen LogP contribution in [0.1, 0.15) is 12.0 Å². The fraction of sp³-hybridized carbons (Fsp3) is 0.143. The monoisotopic (exact) mass is 552 g/mol. The number of imide groups is 1. The van der Waals surface area contributed by atoms with Crippen molar-refractivity contribution in [3.05, 3.63) is 81.2 Å². The molecule has 0 aliphatic carbocycles. The summed E-state index contributed by atoms with van der Waals surface area (Å²) in [5.41, 5.74) is 1.19. The first-order valence-corrected chi connectivity index (χ1v) is 12.5. The van der Waals surface area contributed by atoms with Gasteiger partial charge < -0.3 is 0 Å². The van der Waals surface area contributed by atoms with E-state index in [1.54, 1.807) is 47.8 Å². The average molecular weight is 552 g/mol. The van der Waals surface area contributed by atoms with Crippen molar-refractivity contribution in [1.29, 1.82) is 0 Å². The molecule has 0 radical (unpaired) electrons. The highest BCUT2D eigenvalue weighted by atomic mass is 127. The topological polar surface area (TPSA) is 74.8 Å². The van der Waals surface area contributed by atoms with Crippen molar-refractivity contribution >= 4 is 61.5 Å². The first-order valence-electron chi connectivity index (χ1n) is 9.09. The predicted molar refractivity (Wildman–Crippen MR) is 124 cm³/mol. The van der Waals surface area contributed by atoms with E-state index < -0.39 is 27.9 Å². The molecule has 6 nitrogen and oxygen atoms in total. The van der Waals surface area contributed by atoms with Crippen LogP contribution < -0.4 is 4.90 Å². The highest BCUT2D eigenvalue weighted by Gasteiger charge is 2.47. The predicted octanol–water partition coefficient (Wildman–Crippen LogP) is 3.88. The molecule has 2 aromatic carbocycles. The lowest BCUT2D eigenvalue weighted by Crippen LogP contribution is -2.44. The number of hydrogen-bond donors (Lipinski definition) is 0. The number of benzene rings is 2. The fourth-order valence-electron chi connectivity index (χ4n) is 3.35. The van der Waals surface area contributed by atoms with E-state index in [9.17, 15) is 18.0 Å². The Labute approximate surface area is 192 Å². The second-order valence-corrected chi connectivity index (χ2v) is 11.0. The number of carbonyl (C=O) groups excluding carboxylic acids is 2. The molecule has 1 aromatic heterocycles. The minimum absolute atomic E-state index is 0.00525. The van der Waals surface area contributed by atoms with Gasteiger partial charge in [0.2, 0.25) is 5.91 Å². The van der Waals surface area contributed by atoms with Crippen LogP contribution in [0.25, 0.3) is 0 Å². The number of carbonyl (C=O) groups is 2. The van der Waals surface area contributed by atoms with Crippen molar-refractivity contribution in [3.63, 3.8) is 0 Å². The second kappa shape index (κ2) is 8.58. The smallest absolute Gasteiger partial charge is 0.253 e. The van der Waals surface area contributed by atoms with Gasteiger partial charge in [0.15, 0.2) is 0 Å². The van der Waals surface area contributed by atoms with Crippen molar-refractivity contribution in [1.82, 2.24) is 4.31 Å². The molecule has 1 saturated heterocycles. The summed E-state index contributed by atoms with van der Waals surface area (Å²) < 4.78 is 29.0. The summed E-state index contributed by atoms with van der Waals surface area (Å²) in [7, 11) is -3.96. The molecule has 1 unspecified atom stereocenters. The Balaban J connectivity index is 1.73. The molecule has 0 saturated carbocycles. The number of amides is 2. The molecule has 2 amide bonds. The summed E-state index contributed by atoms with van der Waals surface area (Å²) in [6, 6.07) is 18.1. The minimum Gasteiger partial charge on any atom is -0.274 e. The van der Waals surface area contributed by atoms with Crippen LogP contribution in [0.5, 0.6) is 0 Å². The van der Waals surface area contributed by atoms with Crippen molar-refractivity contribution < 1.29 is 18.0 Å². The zero-order valence-corrected chi connectivity index (χ0v) is 19.4. The molecular formula is C21H17IN2O4S2. The van der Waals surface area contributed by atoms with Gasteiger partial charge in [-0.2, -0.15) is 4.31 Å². The molecule has 9 heteroatoms. The van der Waals surface area contributed by atoms with Crippen molar-refractivity contribution in [2.24, 2.45) is 0 Å². The van der Waals surface area contributed by atoms with Gasteiger partial charge in [0.1, 0.15) is 10.3 Å². The minimum atomic E-state index is -3.96. The van der Waals surface area contributed by atoms with Gasteiger partial charge in [-0.05, 0) is 63.9 Å². The molecule has 154 valence electrons. The first-order chi connectivity index (χ1) is 14.4. The van der Waals surface area contributed by atoms with Gasteiger partial charge in [0.25, 0.3) is 15.9 Å². The first kappa shape index (κ1) is 21.2. The number of hydrogen-bond acceptors (Lipinski definition) is 5. The van der Waals surface area contributed by atoms with E-state index in [0.29, 0.717) is 5.69 Å². The Morgan fingerprint density at radius 3 is 2.33 bits per heavy atom. The molecule has 0 spiro atoms. The Hall–Kier alpha value is -2.08. The highest BCUT2D eigenvalue weighted by Crippen LogP contribution is 2.32. The highest BCUT2D eigenvalue weighted by molar-refractivity contribution is 14.1. The summed E-state index contributed by atoms with van der Waals surface area (Å²) in [4.78, 5) is 27.1. The van der Waals surface area contributed by atoms with Gasteiger partial charge in [0.05, 0.1) is 12.1 Å². The molecule has 30 heavy (non-hydrogen) atoms. The van der Waals surface area contributed by atoms with E-state index in [2.05, 4.69) is 22.6 Å². The summed E-state index contributed by atoms with van der Waals surface area (Å²) in [5, 5.41) is 1.67. The maximum absolute atomic E-state index is 13.4. The molecular weight excluding hydrogens is 535 g/mol. The van der Waals surface area contributed by atoms with Gasteiger partial charge in [-0.15, -0.1) is 11.3 Å². The zero-order valence-electron chi connectivity index (χ0n) is 15.6. The lowest BCUT2D eigenvalue weighted by atomic mass is 10.2. The Morgan fingerprint density at radius 1 is 1.00 bits per heavy atom. The Morgan fingerprint density at radius 2 is 1.70 bits per heavy atom. The standard InChI is InChI=1S/C21H17IN2O4S2/c22-16-8-10-17(11-9-16)24-19(25)13-18(21(24)26)23(14-15-5-2-1-3-6-15)30(27,28)20-7-4-12-29-20/h1-12,18H,13-14H2. The van der Waals surface area contributed by atoms with Crippen LogP contribution in [-0.4, -0.2) is 30.6 Å². The quantitative estimate of drug-likeness (QED) is 0.344. The molecule has 0 bridgehead atoms. The van der Waals surface area contributed by atoms with E-state index in [-0.39, 0.29) is 17.2 Å². The van der Waals surface area contributed by atoms with Gasteiger partial charge >= 0.3 is 0 Å². The van der Waals surface area contributed by atoms with Crippen LogP contribution in [0.2, 0.25) is 0 Å². The zero-order chi connectivity index (χ0) is 21.3. The maximum atomic E-state index is 13.4. The van der Waals surface area contributed by atoms with Gasteiger partial charge in [-0.1, -0.05) is 36.4 Å². The second-order valence-electron chi connectivity index (χ2n) is 6.73. The Bertz CT molecular complexity index is 1160. The van der Waals surface area contributed by atoms with Crippen LogP contribution in [0.4, 0.5) is 5.69 Å². The molecule has 1 fully saturated rings. The van der Waals surface area contributed by atoms with E-state index in [4.69, 9.17) is 0 Å². The van der Waals surface area contributed by atoms with Crippen molar-refractivity contribution in [2.45, 2.75) is 23.2 Å². The number of rotatable bonds is 6. The molecule has 2 heterocycles. The number of halogens is 1. The summed E-state index contributed by atoms with van der Waals surface area (Å²) in [6.07, 6.45) is -0.192. The van der Waals surface area contributed by atoms with Crippen molar-refractivity contribution in [2.75, 3.05) is 4.90 Å². The van der Waals surface area contributed by atoms with Crippen LogP contribution in [-0.2, 0) is 26.2 Å².